The zero-order valence-electron chi connectivity index (χ0n) is 57.4. The van der Waals surface area contributed by atoms with Crippen molar-refractivity contribution in [1.82, 2.24) is 0 Å². The van der Waals surface area contributed by atoms with Crippen molar-refractivity contribution in [3.8, 4) is 0 Å². The fourth-order valence-corrected chi connectivity index (χ4v) is 17.2. The minimum atomic E-state index is -0.106. The summed E-state index contributed by atoms with van der Waals surface area (Å²) in [6.07, 6.45) is 1.99. The van der Waals surface area contributed by atoms with Crippen LogP contribution in [0.5, 0.6) is 0 Å². The second kappa shape index (κ2) is 19.1. The van der Waals surface area contributed by atoms with Crippen molar-refractivity contribution < 1.29 is 0 Å². The lowest BCUT2D eigenvalue weighted by atomic mass is 9.44. The fraction of sp³-hybridized carbons (Fsp3) is 0.667. The molecule has 430 valence electrons. The van der Waals surface area contributed by atoms with Crippen molar-refractivity contribution in [3.05, 3.63) is 136 Å². The molecule has 0 heteroatoms. The van der Waals surface area contributed by atoms with Crippen molar-refractivity contribution >= 4 is 11.1 Å². The molecule has 0 bridgehead atoms. The Kier molecular flexibility index (Phi) is 15.2. The van der Waals surface area contributed by atoms with Crippen LogP contribution >= 0.6 is 0 Å². The molecule has 0 amide bonds. The van der Waals surface area contributed by atoms with Gasteiger partial charge in [0, 0.05) is 23.7 Å². The van der Waals surface area contributed by atoms with E-state index in [4.69, 9.17) is 13.2 Å². The van der Waals surface area contributed by atoms with E-state index < -0.39 is 0 Å². The van der Waals surface area contributed by atoms with E-state index in [9.17, 15) is 0 Å². The van der Waals surface area contributed by atoms with E-state index in [1.807, 2.05) is 0 Å². The van der Waals surface area contributed by atoms with Crippen LogP contribution in [0.2, 0.25) is 0 Å². The Morgan fingerprint density at radius 3 is 1.14 bits per heavy atom. The molecule has 0 heterocycles. The van der Waals surface area contributed by atoms with Gasteiger partial charge < -0.3 is 0 Å². The molecule has 78 heavy (non-hydrogen) atoms. The van der Waals surface area contributed by atoms with Gasteiger partial charge in [-0.05, 0) is 258 Å². The van der Waals surface area contributed by atoms with Gasteiger partial charge in [-0.1, -0.05) is 204 Å². The number of rotatable bonds is 11. The highest BCUT2D eigenvalue weighted by atomic mass is 14.6. The first-order valence-corrected chi connectivity index (χ1v) is 31.3. The molecule has 8 atom stereocenters. The second-order valence-corrected chi connectivity index (χ2v) is 33.8. The van der Waals surface area contributed by atoms with Crippen LogP contribution in [-0.2, 0) is 10.8 Å². The summed E-state index contributed by atoms with van der Waals surface area (Å²) < 4.78 is 0. The first-order chi connectivity index (χ1) is 35.0. The van der Waals surface area contributed by atoms with Crippen LogP contribution in [0.1, 0.15) is 293 Å². The van der Waals surface area contributed by atoms with E-state index in [1.54, 1.807) is 61.2 Å². The first kappa shape index (κ1) is 62.2. The Bertz CT molecular complexity index is 3050. The van der Waals surface area contributed by atoms with Crippen molar-refractivity contribution in [1.29, 1.82) is 0 Å². The van der Waals surface area contributed by atoms with E-state index in [-0.39, 0.29) is 61.1 Å². The molecule has 0 spiro atoms. The zero-order chi connectivity index (χ0) is 59.9. The van der Waals surface area contributed by atoms with Crippen LogP contribution in [0, 0.1) is 68.0 Å². The Morgan fingerprint density at radius 2 is 0.756 bits per heavy atom. The molecule has 0 N–H and O–H groups in total. The predicted molar refractivity (Wildman–Crippen MR) is 347 cm³/mol. The molecule has 6 aliphatic rings. The molecule has 0 saturated carbocycles. The van der Waals surface area contributed by atoms with Crippen LogP contribution in [0.15, 0.2) is 102 Å². The van der Waals surface area contributed by atoms with E-state index in [0.29, 0.717) is 29.6 Å². The summed E-state index contributed by atoms with van der Waals surface area (Å²) in [4.78, 5) is 0. The van der Waals surface area contributed by atoms with E-state index >= 15 is 0 Å². The van der Waals surface area contributed by atoms with Gasteiger partial charge >= 0.3 is 0 Å². The molecule has 0 saturated heterocycles. The highest BCUT2D eigenvalue weighted by Crippen LogP contribution is 2.69. The Labute approximate surface area is 483 Å². The highest BCUT2D eigenvalue weighted by molar-refractivity contribution is 5.93. The van der Waals surface area contributed by atoms with Gasteiger partial charge in [0.25, 0.3) is 0 Å². The van der Waals surface area contributed by atoms with Gasteiger partial charge in [0.15, 0.2) is 0 Å². The number of hydrogen-bond donors (Lipinski definition) is 0. The Balaban J connectivity index is 1.57. The summed E-state index contributed by atoms with van der Waals surface area (Å²) in [5.74, 6) is 2.75. The van der Waals surface area contributed by atoms with Crippen molar-refractivity contribution in [2.45, 2.75) is 271 Å². The van der Waals surface area contributed by atoms with Gasteiger partial charge in [0.2, 0.25) is 0 Å². The van der Waals surface area contributed by atoms with Crippen LogP contribution in [0.25, 0.3) is 11.1 Å². The summed E-state index contributed by atoms with van der Waals surface area (Å²) in [7, 11) is 0. The molecule has 7 rings (SSSR count). The molecule has 0 nitrogen and oxygen atoms in total. The van der Waals surface area contributed by atoms with Crippen molar-refractivity contribution in [2.24, 2.45) is 68.0 Å². The number of fused-ring (bicyclic) bond motifs is 3. The topological polar surface area (TPSA) is 0 Å². The van der Waals surface area contributed by atoms with Gasteiger partial charge in [0.05, 0.1) is 0 Å². The average molecular weight is 1060 g/mol. The molecular weight excluding hydrogens is 937 g/mol. The normalized spacial score (nSPS) is 24.9. The van der Waals surface area contributed by atoms with Crippen LogP contribution in [0.4, 0.5) is 0 Å². The maximum absolute atomic E-state index is 5.00. The molecule has 1 aromatic rings. The first-order valence-electron chi connectivity index (χ1n) is 31.3. The molecule has 0 fully saturated rings. The molecular formula is C78H118. The van der Waals surface area contributed by atoms with E-state index in [0.717, 1.165) is 12.8 Å². The molecule has 0 radical (unpaired) electrons. The smallest absolute Gasteiger partial charge is 0.0133 e. The van der Waals surface area contributed by atoms with Crippen LogP contribution in [-0.4, -0.2) is 0 Å². The Hall–Kier alpha value is -3.38. The third-order valence-corrected chi connectivity index (χ3v) is 26.3. The number of benzene rings is 1. The van der Waals surface area contributed by atoms with Crippen molar-refractivity contribution in [3.63, 3.8) is 0 Å². The summed E-state index contributed by atoms with van der Waals surface area (Å²) in [6, 6.07) is 0. The van der Waals surface area contributed by atoms with Gasteiger partial charge in [-0.3, -0.25) is 0 Å². The third kappa shape index (κ3) is 8.56. The largest absolute Gasteiger partial charge is 0.0946 e. The number of allylic oxidation sites excluding steroid dienone is 18. The third-order valence-electron chi connectivity index (χ3n) is 26.3. The molecule has 8 unspecified atom stereocenters. The summed E-state index contributed by atoms with van der Waals surface area (Å²) in [5, 5.41) is 0. The summed E-state index contributed by atoms with van der Waals surface area (Å²) in [5.41, 5.74) is 36.9. The minimum absolute atomic E-state index is 0.0103. The highest BCUT2D eigenvalue weighted by Gasteiger charge is 2.58. The molecule has 0 aliphatic heterocycles. The molecule has 1 aromatic carbocycles. The molecule has 0 aromatic heterocycles. The van der Waals surface area contributed by atoms with Crippen LogP contribution in [0.3, 0.4) is 0 Å². The quantitative estimate of drug-likeness (QED) is 0.207. The van der Waals surface area contributed by atoms with Gasteiger partial charge in [-0.15, -0.1) is 0 Å². The van der Waals surface area contributed by atoms with Gasteiger partial charge in [0.1, 0.15) is 0 Å². The number of hydrogen-bond acceptors (Lipinski definition) is 0. The van der Waals surface area contributed by atoms with Crippen molar-refractivity contribution in [2.75, 3.05) is 0 Å². The standard InChI is InChI=1S/C78H118/c1-39-37-55(41(3)40(39)2)59-45(7)47(9)63-60(46(8)48(10)62(59)63)56-38-57(43(5)42(56)4)61-52(14)66-68(64(61)51(13)54(16)76(31,32)78(35,36)77(33,34)74(26,27)28)69(71(17,18)19)65-49(11)44(6)58(67(65)70(66)72(20,21)22)50(12)53(15)75(29,30)73(23,24)25/h45-46,50-51,53-54,58,64H,9-10,37-38H2,1-8,11-36H3. The monoisotopic (exact) mass is 1050 g/mol. The maximum Gasteiger partial charge on any atom is 0.0133 e. The zero-order valence-corrected chi connectivity index (χ0v) is 57.4. The lowest BCUT2D eigenvalue weighted by molar-refractivity contribution is -0.118. The SMILES string of the molecule is C=C1C2=C(C3=C(C)C(C)=C(C4=C(C)c5c(c(C(C)(C)C)c6c(c5C(C)(C)C)C(C(C)C(C)C(C)(C)C(C)(C)C)C(C)=C6C)C4C(C)C(C)C(C)(C)C(C)(C)C(C)(C)C(C)(C)C)C3)C(C)C(=C)C2=C(C2=C(C)C(C)=C(C)C2)C1C. The van der Waals surface area contributed by atoms with Gasteiger partial charge in [-0.25, -0.2) is 0 Å². The van der Waals surface area contributed by atoms with Gasteiger partial charge in [-0.2, -0.15) is 0 Å². The lowest BCUT2D eigenvalue weighted by Crippen LogP contribution is -2.54. The second-order valence-electron chi connectivity index (χ2n) is 33.8. The predicted octanol–water partition coefficient (Wildman–Crippen LogP) is 23.9. The Morgan fingerprint density at radius 1 is 0.397 bits per heavy atom. The lowest BCUT2D eigenvalue weighted by Gasteiger charge is -2.61. The maximum atomic E-state index is 5.00. The van der Waals surface area contributed by atoms with Crippen LogP contribution < -0.4 is 0 Å². The summed E-state index contributed by atoms with van der Waals surface area (Å²) >= 11 is 0. The summed E-state index contributed by atoms with van der Waals surface area (Å²) in [6.45, 7) is 96.0. The average Bonchev–Trinajstić information content (AvgIpc) is 4.06. The van der Waals surface area contributed by atoms with E-state index in [2.05, 4.69) is 235 Å². The van der Waals surface area contributed by atoms with E-state index in [1.165, 1.54) is 72.5 Å². The minimum Gasteiger partial charge on any atom is -0.0946 e. The fourth-order valence-electron chi connectivity index (χ4n) is 17.2. The molecule has 6 aliphatic carbocycles.